The van der Waals surface area contributed by atoms with Crippen molar-refractivity contribution in [2.24, 2.45) is 0 Å². The van der Waals surface area contributed by atoms with Crippen molar-refractivity contribution in [3.63, 3.8) is 0 Å². The minimum atomic E-state index is -0.187. The van der Waals surface area contributed by atoms with Crippen LogP contribution < -0.4 is 0 Å². The average molecular weight is 1120 g/mol. The van der Waals surface area contributed by atoms with Gasteiger partial charge in [-0.1, -0.05) is 240 Å². The molecule has 2 aliphatic rings. The molecule has 13 aromatic carbocycles. The molecule has 2 heteroatoms. The first-order valence-corrected chi connectivity index (χ1v) is 30.9. The smallest absolute Gasteiger partial charge is 0.0541 e. The van der Waals surface area contributed by atoms with Crippen LogP contribution in [0.4, 0.5) is 0 Å². The molecule has 0 saturated heterocycles. The van der Waals surface area contributed by atoms with E-state index in [1.807, 2.05) is 0 Å². The Morgan fingerprint density at radius 3 is 1.00 bits per heavy atom. The van der Waals surface area contributed by atoms with Crippen LogP contribution in [-0.4, -0.2) is 9.13 Å². The first kappa shape index (κ1) is 51.6. The Balaban J connectivity index is 0.634. The van der Waals surface area contributed by atoms with E-state index in [9.17, 15) is 0 Å². The summed E-state index contributed by atoms with van der Waals surface area (Å²) in [5, 5.41) is 5.06. The highest BCUT2D eigenvalue weighted by Crippen LogP contribution is 2.54. The SMILES string of the molecule is CC1(C)c2cc(-c3ccc(/C(=C/c4ccc(-c5ccc6c(c5)c5ccccc5n6-c5ccccc5)cc4)c4ccccc4)cc3)ccc2-c2ccc(-c3ccc4c(c3)C(C)(C)c3cc(-c5ccc6c(c5)c5ccccc5n6-c5ccccc5)ccc3-4)cc21. The van der Waals surface area contributed by atoms with Crippen LogP contribution in [0.3, 0.4) is 0 Å². The quantitative estimate of drug-likeness (QED) is 0.128. The molecule has 2 aromatic heterocycles. The summed E-state index contributed by atoms with van der Waals surface area (Å²) in [4.78, 5) is 0. The van der Waals surface area contributed by atoms with Crippen LogP contribution in [0, 0.1) is 0 Å². The fourth-order valence-electron chi connectivity index (χ4n) is 14.9. The minimum Gasteiger partial charge on any atom is -0.309 e. The van der Waals surface area contributed by atoms with Crippen molar-refractivity contribution in [3.05, 3.63) is 336 Å². The standard InChI is InChI=1S/C86H62N2/c1-85(2)77-51-62(57-32-34-59(35-33-57)74(58-18-8-5-9-19-58)48-55-28-30-56(31-29-55)60-40-46-83-75(49-60)72-24-14-16-26-81(72)87(83)66-20-10-6-11-21-66)36-42-68(77)70-44-38-64(53-79(70)85)65-39-45-71-69-43-37-63(52-78(69)86(3,4)80(71)54-65)61-41-47-84-76(50-61)73-25-15-17-27-82(73)88(84)67-22-12-7-13-23-67/h5-54H,1-4H3/b74-48+. The van der Waals surface area contributed by atoms with Gasteiger partial charge in [-0.15, -0.1) is 0 Å². The maximum absolute atomic E-state index is 2.47. The third-order valence-electron chi connectivity index (χ3n) is 19.6. The van der Waals surface area contributed by atoms with Gasteiger partial charge in [-0.05, 0) is 202 Å². The number of hydrogen-bond acceptors (Lipinski definition) is 0. The average Bonchev–Trinajstić information content (AvgIpc) is 1.70. The number of hydrogen-bond donors (Lipinski definition) is 0. The molecule has 0 unspecified atom stereocenters. The molecule has 17 rings (SSSR count). The highest BCUT2D eigenvalue weighted by atomic mass is 15.0. The Hall–Kier alpha value is -10.8. The van der Waals surface area contributed by atoms with Gasteiger partial charge >= 0.3 is 0 Å². The zero-order chi connectivity index (χ0) is 58.8. The zero-order valence-corrected chi connectivity index (χ0v) is 49.8. The Kier molecular flexibility index (Phi) is 11.7. The van der Waals surface area contributed by atoms with E-state index in [-0.39, 0.29) is 10.8 Å². The first-order chi connectivity index (χ1) is 43.1. The van der Waals surface area contributed by atoms with E-state index >= 15 is 0 Å². The van der Waals surface area contributed by atoms with Gasteiger partial charge in [-0.2, -0.15) is 0 Å². The molecule has 2 heterocycles. The monoisotopic (exact) mass is 1120 g/mol. The van der Waals surface area contributed by atoms with Gasteiger partial charge in [-0.25, -0.2) is 0 Å². The number of fused-ring (bicyclic) bond motifs is 12. The highest BCUT2D eigenvalue weighted by Gasteiger charge is 2.38. The van der Waals surface area contributed by atoms with Crippen LogP contribution >= 0.6 is 0 Å². The number of rotatable bonds is 9. The maximum atomic E-state index is 2.47. The van der Waals surface area contributed by atoms with Crippen molar-refractivity contribution in [2.45, 2.75) is 38.5 Å². The van der Waals surface area contributed by atoms with Crippen molar-refractivity contribution in [2.75, 3.05) is 0 Å². The van der Waals surface area contributed by atoms with E-state index in [1.54, 1.807) is 0 Å². The molecule has 0 N–H and O–H groups in total. The topological polar surface area (TPSA) is 9.86 Å². The van der Waals surface area contributed by atoms with Crippen LogP contribution in [-0.2, 0) is 10.8 Å². The Bertz CT molecular complexity index is 5320. The normalized spacial score (nSPS) is 13.7. The summed E-state index contributed by atoms with van der Waals surface area (Å²) in [6.07, 6.45) is 2.33. The molecule has 0 bridgehead atoms. The molecule has 15 aromatic rings. The summed E-state index contributed by atoms with van der Waals surface area (Å²) in [6.45, 7) is 9.62. The Morgan fingerprint density at radius 2 is 0.568 bits per heavy atom. The summed E-state index contributed by atoms with van der Waals surface area (Å²) in [7, 11) is 0. The molecule has 0 amide bonds. The van der Waals surface area contributed by atoms with Crippen LogP contribution in [0.15, 0.2) is 297 Å². The molecule has 0 saturated carbocycles. The highest BCUT2D eigenvalue weighted by molar-refractivity contribution is 6.12. The number of aromatic nitrogens is 2. The second kappa shape index (κ2) is 19.9. The molecule has 2 nitrogen and oxygen atoms in total. The molecular formula is C86H62N2. The van der Waals surface area contributed by atoms with E-state index in [2.05, 4.69) is 340 Å². The number of nitrogens with zero attached hydrogens (tertiary/aromatic N) is 2. The third-order valence-corrected chi connectivity index (χ3v) is 19.6. The molecule has 416 valence electrons. The minimum absolute atomic E-state index is 0.178. The third kappa shape index (κ3) is 8.16. The zero-order valence-electron chi connectivity index (χ0n) is 49.8. The predicted molar refractivity (Wildman–Crippen MR) is 372 cm³/mol. The van der Waals surface area contributed by atoms with Crippen molar-refractivity contribution in [1.29, 1.82) is 0 Å². The van der Waals surface area contributed by atoms with Crippen LogP contribution in [0.25, 0.3) is 133 Å². The Labute approximate surface area is 514 Å². The maximum Gasteiger partial charge on any atom is 0.0541 e. The van der Waals surface area contributed by atoms with E-state index < -0.39 is 0 Å². The summed E-state index contributed by atoms with van der Waals surface area (Å²) in [6, 6.07) is 110. The summed E-state index contributed by atoms with van der Waals surface area (Å²) in [5.74, 6) is 0. The van der Waals surface area contributed by atoms with E-state index in [4.69, 9.17) is 0 Å². The fourth-order valence-corrected chi connectivity index (χ4v) is 14.9. The molecular weight excluding hydrogens is 1060 g/mol. The van der Waals surface area contributed by atoms with E-state index in [1.165, 1.54) is 161 Å². The van der Waals surface area contributed by atoms with Crippen molar-refractivity contribution >= 4 is 55.3 Å². The van der Waals surface area contributed by atoms with Crippen LogP contribution in [0.2, 0.25) is 0 Å². The van der Waals surface area contributed by atoms with Gasteiger partial charge in [-0.3, -0.25) is 0 Å². The van der Waals surface area contributed by atoms with Crippen molar-refractivity contribution in [1.82, 2.24) is 9.13 Å². The summed E-state index contributed by atoms with van der Waals surface area (Å²) < 4.78 is 4.76. The second-order valence-corrected chi connectivity index (χ2v) is 25.3. The number of para-hydroxylation sites is 4. The van der Waals surface area contributed by atoms with Gasteiger partial charge in [0, 0.05) is 43.7 Å². The lowest BCUT2D eigenvalue weighted by atomic mass is 9.79. The predicted octanol–water partition coefficient (Wildman–Crippen LogP) is 22.8. The van der Waals surface area contributed by atoms with Gasteiger partial charge in [0.2, 0.25) is 0 Å². The van der Waals surface area contributed by atoms with Gasteiger partial charge in [0.15, 0.2) is 0 Å². The second-order valence-electron chi connectivity index (χ2n) is 25.3. The van der Waals surface area contributed by atoms with Crippen molar-refractivity contribution < 1.29 is 0 Å². The van der Waals surface area contributed by atoms with Gasteiger partial charge in [0.05, 0.1) is 22.1 Å². The van der Waals surface area contributed by atoms with Gasteiger partial charge in [0.1, 0.15) is 0 Å². The lowest BCUT2D eigenvalue weighted by Gasteiger charge is -2.24. The lowest BCUT2D eigenvalue weighted by Crippen LogP contribution is -2.15. The van der Waals surface area contributed by atoms with Crippen LogP contribution in [0.1, 0.15) is 66.6 Å². The molecule has 0 aliphatic heterocycles. The lowest BCUT2D eigenvalue weighted by molar-refractivity contribution is 0.660. The van der Waals surface area contributed by atoms with Crippen LogP contribution in [0.5, 0.6) is 0 Å². The number of benzene rings is 13. The molecule has 0 atom stereocenters. The Morgan fingerprint density at radius 1 is 0.261 bits per heavy atom. The summed E-state index contributed by atoms with van der Waals surface area (Å²) >= 11 is 0. The van der Waals surface area contributed by atoms with Gasteiger partial charge in [0.25, 0.3) is 0 Å². The van der Waals surface area contributed by atoms with Gasteiger partial charge < -0.3 is 9.13 Å². The largest absolute Gasteiger partial charge is 0.309 e. The van der Waals surface area contributed by atoms with E-state index in [0.29, 0.717) is 0 Å². The molecule has 88 heavy (non-hydrogen) atoms. The molecule has 0 spiro atoms. The first-order valence-electron chi connectivity index (χ1n) is 30.9. The molecule has 0 fully saturated rings. The molecule has 2 aliphatic carbocycles. The molecule has 0 radical (unpaired) electrons. The summed E-state index contributed by atoms with van der Waals surface area (Å²) in [5.41, 5.74) is 32.2. The van der Waals surface area contributed by atoms with E-state index in [0.717, 1.165) is 5.56 Å². The fraction of sp³-hybridized carbons (Fsp3) is 0.0698. The van der Waals surface area contributed by atoms with Crippen molar-refractivity contribution in [3.8, 4) is 78.1 Å².